The molecule has 0 radical (unpaired) electrons. The lowest BCUT2D eigenvalue weighted by Crippen LogP contribution is -2.40. The van der Waals surface area contributed by atoms with Crippen molar-refractivity contribution in [1.82, 2.24) is 14.9 Å². The van der Waals surface area contributed by atoms with Crippen LogP contribution in [-0.4, -0.2) is 27.6 Å². The quantitative estimate of drug-likeness (QED) is 0.886. The van der Waals surface area contributed by atoms with E-state index in [2.05, 4.69) is 10.4 Å². The smallest absolute Gasteiger partial charge is 0.255 e. The molecular formula is C14H19ClN4O. The lowest BCUT2D eigenvalue weighted by molar-refractivity contribution is 0.0927. The van der Waals surface area contributed by atoms with Gasteiger partial charge in [-0.25, -0.2) is 4.52 Å². The van der Waals surface area contributed by atoms with Crippen LogP contribution in [0.4, 0.5) is 0 Å². The lowest BCUT2D eigenvalue weighted by atomic mass is 9.91. The van der Waals surface area contributed by atoms with Crippen LogP contribution in [0, 0.1) is 0 Å². The maximum atomic E-state index is 12.3. The minimum absolute atomic E-state index is 0. The fourth-order valence-corrected chi connectivity index (χ4v) is 2.64. The molecule has 1 saturated carbocycles. The summed E-state index contributed by atoms with van der Waals surface area (Å²) in [4.78, 5) is 12.3. The Morgan fingerprint density at radius 2 is 2.05 bits per heavy atom. The molecule has 0 saturated heterocycles. The van der Waals surface area contributed by atoms with Crippen molar-refractivity contribution in [1.29, 1.82) is 0 Å². The molecular weight excluding hydrogens is 276 g/mol. The zero-order chi connectivity index (χ0) is 13.2. The summed E-state index contributed by atoms with van der Waals surface area (Å²) >= 11 is 0. The molecule has 2 heterocycles. The normalized spacial score (nSPS) is 22.2. The summed E-state index contributed by atoms with van der Waals surface area (Å²) in [6.45, 7) is 0. The summed E-state index contributed by atoms with van der Waals surface area (Å²) in [6.07, 6.45) is 7.36. The highest BCUT2D eigenvalue weighted by Crippen LogP contribution is 2.18. The number of carbonyl (C=O) groups excluding carboxylic acids is 1. The number of nitrogens with two attached hydrogens (primary N) is 1. The number of amides is 1. The van der Waals surface area contributed by atoms with Crippen molar-refractivity contribution >= 4 is 23.8 Å². The molecule has 6 heteroatoms. The molecule has 3 N–H and O–H groups in total. The van der Waals surface area contributed by atoms with Crippen molar-refractivity contribution < 1.29 is 4.79 Å². The van der Waals surface area contributed by atoms with E-state index >= 15 is 0 Å². The van der Waals surface area contributed by atoms with Gasteiger partial charge in [0.25, 0.3) is 5.91 Å². The Kier molecular flexibility index (Phi) is 4.62. The van der Waals surface area contributed by atoms with Gasteiger partial charge < -0.3 is 11.1 Å². The molecule has 1 aliphatic rings. The van der Waals surface area contributed by atoms with Gasteiger partial charge in [-0.15, -0.1) is 12.4 Å². The van der Waals surface area contributed by atoms with Gasteiger partial charge in [0.15, 0.2) is 0 Å². The van der Waals surface area contributed by atoms with Crippen LogP contribution in [0.25, 0.3) is 5.52 Å². The van der Waals surface area contributed by atoms with Crippen LogP contribution in [0.5, 0.6) is 0 Å². The Morgan fingerprint density at radius 3 is 2.80 bits per heavy atom. The van der Waals surface area contributed by atoms with Crippen LogP contribution in [0.1, 0.15) is 36.0 Å². The van der Waals surface area contributed by atoms with Crippen LogP contribution in [-0.2, 0) is 0 Å². The first kappa shape index (κ1) is 14.8. The number of hydrogen-bond acceptors (Lipinski definition) is 3. The highest BCUT2D eigenvalue weighted by molar-refractivity contribution is 6.00. The van der Waals surface area contributed by atoms with E-state index in [4.69, 9.17) is 5.73 Å². The Hall–Kier alpha value is -1.59. The van der Waals surface area contributed by atoms with Gasteiger partial charge in [-0.1, -0.05) is 6.07 Å². The number of nitrogens with one attached hydrogen (secondary N) is 1. The van der Waals surface area contributed by atoms with E-state index in [-0.39, 0.29) is 24.4 Å². The van der Waals surface area contributed by atoms with Crippen LogP contribution < -0.4 is 11.1 Å². The first-order valence-corrected chi connectivity index (χ1v) is 6.73. The van der Waals surface area contributed by atoms with Crippen molar-refractivity contribution in [2.75, 3.05) is 0 Å². The maximum absolute atomic E-state index is 12.3. The third-order valence-electron chi connectivity index (χ3n) is 3.78. The predicted molar refractivity (Wildman–Crippen MR) is 80.1 cm³/mol. The predicted octanol–water partition coefficient (Wildman–Crippen LogP) is 1.76. The summed E-state index contributed by atoms with van der Waals surface area (Å²) in [5, 5.41) is 7.27. The molecule has 0 aromatic carbocycles. The molecule has 1 aliphatic carbocycles. The fraction of sp³-hybridized carbons (Fsp3) is 0.429. The molecule has 0 aliphatic heterocycles. The van der Waals surface area contributed by atoms with E-state index in [1.54, 1.807) is 10.7 Å². The second-order valence-electron chi connectivity index (χ2n) is 5.17. The van der Waals surface area contributed by atoms with Crippen LogP contribution in [0.2, 0.25) is 0 Å². The zero-order valence-electron chi connectivity index (χ0n) is 11.2. The number of carbonyl (C=O) groups is 1. The molecule has 0 unspecified atom stereocenters. The van der Waals surface area contributed by atoms with E-state index in [1.165, 1.54) is 0 Å². The molecule has 3 rings (SSSR count). The standard InChI is InChI=1S/C14H18N4O.ClH/c15-10-4-6-11(7-5-10)17-14(19)12-9-16-18-8-2-1-3-13(12)18;/h1-3,8-11H,4-7,15H2,(H,17,19);1H. The second-order valence-corrected chi connectivity index (χ2v) is 5.17. The number of aromatic nitrogens is 2. The molecule has 1 amide bonds. The first-order valence-electron chi connectivity index (χ1n) is 6.73. The van der Waals surface area contributed by atoms with Crippen LogP contribution in [0.3, 0.4) is 0 Å². The Bertz CT molecular complexity index is 590. The van der Waals surface area contributed by atoms with Crippen molar-refractivity contribution in [3.63, 3.8) is 0 Å². The number of nitrogens with zero attached hydrogens (tertiary/aromatic N) is 2. The number of hydrogen-bond donors (Lipinski definition) is 2. The van der Waals surface area contributed by atoms with Crippen molar-refractivity contribution in [3.05, 3.63) is 36.2 Å². The van der Waals surface area contributed by atoms with Gasteiger partial charge in [-0.2, -0.15) is 5.10 Å². The van der Waals surface area contributed by atoms with E-state index in [9.17, 15) is 4.79 Å². The third kappa shape index (κ3) is 2.94. The monoisotopic (exact) mass is 294 g/mol. The molecule has 0 atom stereocenters. The van der Waals surface area contributed by atoms with Crippen LogP contribution >= 0.6 is 12.4 Å². The average Bonchev–Trinajstić information content (AvgIpc) is 2.85. The Morgan fingerprint density at radius 1 is 1.30 bits per heavy atom. The Balaban J connectivity index is 0.00000147. The zero-order valence-corrected chi connectivity index (χ0v) is 12.0. The van der Waals surface area contributed by atoms with Gasteiger partial charge in [-0.05, 0) is 37.8 Å². The van der Waals surface area contributed by atoms with Gasteiger partial charge in [0, 0.05) is 18.3 Å². The Labute approximate surface area is 123 Å². The topological polar surface area (TPSA) is 72.4 Å². The van der Waals surface area contributed by atoms with Crippen LogP contribution in [0.15, 0.2) is 30.6 Å². The molecule has 108 valence electrons. The third-order valence-corrected chi connectivity index (χ3v) is 3.78. The fourth-order valence-electron chi connectivity index (χ4n) is 2.64. The van der Waals surface area contributed by atoms with E-state index in [0.717, 1.165) is 31.2 Å². The van der Waals surface area contributed by atoms with Gasteiger partial charge in [-0.3, -0.25) is 4.79 Å². The molecule has 5 nitrogen and oxygen atoms in total. The minimum Gasteiger partial charge on any atom is -0.349 e. The highest BCUT2D eigenvalue weighted by atomic mass is 35.5. The van der Waals surface area contributed by atoms with Gasteiger partial charge in [0.2, 0.25) is 0 Å². The summed E-state index contributed by atoms with van der Waals surface area (Å²) in [7, 11) is 0. The lowest BCUT2D eigenvalue weighted by Gasteiger charge is -2.26. The van der Waals surface area contributed by atoms with Crippen molar-refractivity contribution in [2.45, 2.75) is 37.8 Å². The summed E-state index contributed by atoms with van der Waals surface area (Å²) < 4.78 is 1.71. The van der Waals surface area contributed by atoms with Crippen molar-refractivity contribution in [2.24, 2.45) is 5.73 Å². The molecule has 2 aromatic rings. The molecule has 20 heavy (non-hydrogen) atoms. The van der Waals surface area contributed by atoms with E-state index in [0.29, 0.717) is 11.6 Å². The number of rotatable bonds is 2. The summed E-state index contributed by atoms with van der Waals surface area (Å²) in [6, 6.07) is 6.24. The highest BCUT2D eigenvalue weighted by Gasteiger charge is 2.21. The minimum atomic E-state index is -0.0401. The maximum Gasteiger partial charge on any atom is 0.255 e. The van der Waals surface area contributed by atoms with E-state index in [1.807, 2.05) is 24.4 Å². The van der Waals surface area contributed by atoms with Crippen molar-refractivity contribution in [3.8, 4) is 0 Å². The molecule has 0 spiro atoms. The van der Waals surface area contributed by atoms with Gasteiger partial charge >= 0.3 is 0 Å². The summed E-state index contributed by atoms with van der Waals surface area (Å²) in [5.41, 5.74) is 7.35. The second kappa shape index (κ2) is 6.24. The number of halogens is 1. The first-order chi connectivity index (χ1) is 9.24. The molecule has 0 bridgehead atoms. The number of pyridine rings is 1. The molecule has 2 aromatic heterocycles. The SMILES string of the molecule is Cl.NC1CCC(NC(=O)c2cnn3ccccc23)CC1. The summed E-state index contributed by atoms with van der Waals surface area (Å²) in [5.74, 6) is -0.0401. The molecule has 1 fully saturated rings. The average molecular weight is 295 g/mol. The number of fused-ring (bicyclic) bond motifs is 1. The van der Waals surface area contributed by atoms with E-state index < -0.39 is 0 Å². The van der Waals surface area contributed by atoms with Gasteiger partial charge in [0.05, 0.1) is 17.3 Å². The van der Waals surface area contributed by atoms with Gasteiger partial charge in [0.1, 0.15) is 0 Å². The largest absolute Gasteiger partial charge is 0.349 e.